The van der Waals surface area contributed by atoms with Crippen LogP contribution in [0.4, 0.5) is 0 Å². The number of esters is 1. The van der Waals surface area contributed by atoms with Crippen LogP contribution < -0.4 is 15.2 Å². The second-order valence-corrected chi connectivity index (χ2v) is 3.95. The summed E-state index contributed by atoms with van der Waals surface area (Å²) in [6.07, 6.45) is 0. The number of hydrogen-bond acceptors (Lipinski definition) is 4. The van der Waals surface area contributed by atoms with E-state index in [1.807, 2.05) is 6.07 Å². The molecule has 20 heavy (non-hydrogen) atoms. The van der Waals surface area contributed by atoms with Crippen LogP contribution in [0.1, 0.15) is 10.4 Å². The lowest BCUT2D eigenvalue weighted by Gasteiger charge is -2.09. The Kier molecular flexibility index (Phi) is 4.34. The largest absolute Gasteiger partial charge is 0.483 e. The summed E-state index contributed by atoms with van der Waals surface area (Å²) in [7, 11) is 0. The SMILES string of the molecule is NC(=O)COc1ccccc1C(=O)Oc1ccccc1. The maximum atomic E-state index is 12.1. The second-order valence-electron chi connectivity index (χ2n) is 3.95. The van der Waals surface area contributed by atoms with E-state index in [9.17, 15) is 9.59 Å². The van der Waals surface area contributed by atoms with Gasteiger partial charge in [0.15, 0.2) is 6.61 Å². The van der Waals surface area contributed by atoms with E-state index in [1.54, 1.807) is 48.5 Å². The molecule has 102 valence electrons. The van der Waals surface area contributed by atoms with Gasteiger partial charge >= 0.3 is 5.97 Å². The Morgan fingerprint density at radius 2 is 1.60 bits per heavy atom. The van der Waals surface area contributed by atoms with Crippen molar-refractivity contribution in [1.82, 2.24) is 0 Å². The zero-order valence-electron chi connectivity index (χ0n) is 10.6. The van der Waals surface area contributed by atoms with E-state index in [2.05, 4.69) is 0 Å². The Balaban J connectivity index is 2.15. The van der Waals surface area contributed by atoms with Gasteiger partial charge in [0.05, 0.1) is 0 Å². The van der Waals surface area contributed by atoms with Crippen molar-refractivity contribution in [2.75, 3.05) is 6.61 Å². The Labute approximate surface area is 115 Å². The lowest BCUT2D eigenvalue weighted by molar-refractivity contribution is -0.119. The van der Waals surface area contributed by atoms with Crippen molar-refractivity contribution in [3.05, 3.63) is 60.2 Å². The van der Waals surface area contributed by atoms with Crippen molar-refractivity contribution in [2.45, 2.75) is 0 Å². The average molecular weight is 271 g/mol. The molecular weight excluding hydrogens is 258 g/mol. The molecule has 0 bridgehead atoms. The third kappa shape index (κ3) is 3.58. The van der Waals surface area contributed by atoms with Crippen LogP contribution in [0, 0.1) is 0 Å². The quantitative estimate of drug-likeness (QED) is 0.664. The molecule has 2 aromatic rings. The number of hydrogen-bond donors (Lipinski definition) is 1. The predicted octanol–water partition coefficient (Wildman–Crippen LogP) is 1.77. The van der Waals surface area contributed by atoms with E-state index >= 15 is 0 Å². The van der Waals surface area contributed by atoms with Crippen LogP contribution in [-0.4, -0.2) is 18.5 Å². The molecule has 0 unspecified atom stereocenters. The molecule has 5 nitrogen and oxygen atoms in total. The van der Waals surface area contributed by atoms with Crippen LogP contribution >= 0.6 is 0 Å². The van der Waals surface area contributed by atoms with Crippen LogP contribution in [0.15, 0.2) is 54.6 Å². The predicted molar refractivity (Wildman–Crippen MR) is 72.5 cm³/mol. The van der Waals surface area contributed by atoms with Gasteiger partial charge < -0.3 is 15.2 Å². The minimum Gasteiger partial charge on any atom is -0.483 e. The smallest absolute Gasteiger partial charge is 0.347 e. The van der Waals surface area contributed by atoms with Gasteiger partial charge in [-0.25, -0.2) is 4.79 Å². The van der Waals surface area contributed by atoms with Crippen LogP contribution in [0.5, 0.6) is 11.5 Å². The molecule has 0 aliphatic heterocycles. The van der Waals surface area contributed by atoms with Crippen molar-refractivity contribution in [2.24, 2.45) is 5.73 Å². The number of para-hydroxylation sites is 2. The highest BCUT2D eigenvalue weighted by Crippen LogP contribution is 2.20. The average Bonchev–Trinajstić information content (AvgIpc) is 2.46. The van der Waals surface area contributed by atoms with Gasteiger partial charge in [-0.2, -0.15) is 0 Å². The maximum absolute atomic E-state index is 12.1. The topological polar surface area (TPSA) is 78.6 Å². The van der Waals surface area contributed by atoms with Crippen LogP contribution in [-0.2, 0) is 4.79 Å². The fourth-order valence-corrected chi connectivity index (χ4v) is 1.56. The Morgan fingerprint density at radius 3 is 2.30 bits per heavy atom. The molecule has 2 rings (SSSR count). The number of carbonyl (C=O) groups excluding carboxylic acids is 2. The lowest BCUT2D eigenvalue weighted by Crippen LogP contribution is -2.21. The van der Waals surface area contributed by atoms with Crippen LogP contribution in [0.25, 0.3) is 0 Å². The molecule has 0 spiro atoms. The monoisotopic (exact) mass is 271 g/mol. The summed E-state index contributed by atoms with van der Waals surface area (Å²) < 4.78 is 10.4. The number of benzene rings is 2. The van der Waals surface area contributed by atoms with Crippen LogP contribution in [0.3, 0.4) is 0 Å². The highest BCUT2D eigenvalue weighted by Gasteiger charge is 2.14. The van der Waals surface area contributed by atoms with E-state index < -0.39 is 11.9 Å². The minimum atomic E-state index is -0.615. The Morgan fingerprint density at radius 1 is 0.950 bits per heavy atom. The van der Waals surface area contributed by atoms with Crippen molar-refractivity contribution < 1.29 is 19.1 Å². The number of carbonyl (C=O) groups is 2. The summed E-state index contributed by atoms with van der Waals surface area (Å²) in [6, 6.07) is 15.2. The summed E-state index contributed by atoms with van der Waals surface area (Å²) in [5.74, 6) is -0.484. The summed E-state index contributed by atoms with van der Waals surface area (Å²) in [5.41, 5.74) is 5.24. The molecule has 0 saturated carbocycles. The first-order valence-electron chi connectivity index (χ1n) is 5.94. The van der Waals surface area contributed by atoms with Gasteiger partial charge in [-0.3, -0.25) is 4.79 Å². The van der Waals surface area contributed by atoms with E-state index in [1.165, 1.54) is 0 Å². The van der Waals surface area contributed by atoms with Crippen molar-refractivity contribution >= 4 is 11.9 Å². The first-order valence-corrected chi connectivity index (χ1v) is 5.94. The molecule has 0 heterocycles. The van der Waals surface area contributed by atoms with Gasteiger partial charge in [0, 0.05) is 0 Å². The third-order valence-corrected chi connectivity index (χ3v) is 2.43. The molecule has 0 radical (unpaired) electrons. The molecule has 0 aliphatic carbocycles. The molecule has 0 saturated heterocycles. The molecule has 1 amide bonds. The first-order chi connectivity index (χ1) is 9.66. The van der Waals surface area contributed by atoms with Gasteiger partial charge in [0.1, 0.15) is 17.1 Å². The molecule has 0 atom stereocenters. The second kappa shape index (κ2) is 6.38. The summed E-state index contributed by atoms with van der Waals surface area (Å²) >= 11 is 0. The number of amides is 1. The normalized spacial score (nSPS) is 9.80. The third-order valence-electron chi connectivity index (χ3n) is 2.43. The number of rotatable bonds is 5. The van der Waals surface area contributed by atoms with E-state index in [0.717, 1.165) is 0 Å². The van der Waals surface area contributed by atoms with Gasteiger partial charge in [0.2, 0.25) is 0 Å². The number of nitrogens with two attached hydrogens (primary N) is 1. The summed E-state index contributed by atoms with van der Waals surface area (Å²) in [6.45, 7) is -0.296. The zero-order valence-corrected chi connectivity index (χ0v) is 10.6. The fraction of sp³-hybridized carbons (Fsp3) is 0.0667. The molecule has 5 heteroatoms. The maximum Gasteiger partial charge on any atom is 0.347 e. The standard InChI is InChI=1S/C15H13NO4/c16-14(17)10-19-13-9-5-4-8-12(13)15(18)20-11-6-2-1-3-7-11/h1-9H,10H2,(H2,16,17). The highest BCUT2D eigenvalue weighted by molar-refractivity contribution is 5.94. The summed E-state index contributed by atoms with van der Waals surface area (Å²) in [5, 5.41) is 0. The Bertz CT molecular complexity index is 610. The van der Waals surface area contributed by atoms with Crippen molar-refractivity contribution in [1.29, 1.82) is 0 Å². The van der Waals surface area contributed by atoms with E-state index in [4.69, 9.17) is 15.2 Å². The molecule has 2 aromatic carbocycles. The molecule has 2 N–H and O–H groups in total. The van der Waals surface area contributed by atoms with Crippen molar-refractivity contribution in [3.8, 4) is 11.5 Å². The van der Waals surface area contributed by atoms with Gasteiger partial charge in [-0.05, 0) is 24.3 Å². The van der Waals surface area contributed by atoms with Gasteiger partial charge in [-0.1, -0.05) is 30.3 Å². The van der Waals surface area contributed by atoms with Crippen molar-refractivity contribution in [3.63, 3.8) is 0 Å². The van der Waals surface area contributed by atoms with Gasteiger partial charge in [0.25, 0.3) is 5.91 Å². The molecule has 0 aliphatic rings. The first kappa shape index (κ1) is 13.6. The van der Waals surface area contributed by atoms with E-state index in [0.29, 0.717) is 5.75 Å². The number of ether oxygens (including phenoxy) is 2. The van der Waals surface area contributed by atoms with E-state index in [-0.39, 0.29) is 17.9 Å². The lowest BCUT2D eigenvalue weighted by atomic mass is 10.2. The minimum absolute atomic E-state index is 0.234. The molecule has 0 fully saturated rings. The molecular formula is C15H13NO4. The Hall–Kier alpha value is -2.82. The fourth-order valence-electron chi connectivity index (χ4n) is 1.56. The number of primary amides is 1. The molecule has 0 aromatic heterocycles. The van der Waals surface area contributed by atoms with Gasteiger partial charge in [-0.15, -0.1) is 0 Å². The zero-order chi connectivity index (χ0) is 14.4. The summed E-state index contributed by atoms with van der Waals surface area (Å²) in [4.78, 5) is 22.8. The van der Waals surface area contributed by atoms with Crippen LogP contribution in [0.2, 0.25) is 0 Å². The highest BCUT2D eigenvalue weighted by atomic mass is 16.5.